The molecule has 162 valence electrons. The highest BCUT2D eigenvalue weighted by atomic mass is 35.5. The number of aliphatic hydroxyl groups is 1. The Balaban J connectivity index is 2.50. The van der Waals surface area contributed by atoms with Crippen LogP contribution < -0.4 is 4.18 Å². The lowest BCUT2D eigenvalue weighted by molar-refractivity contribution is 0.293. The highest BCUT2D eigenvalue weighted by Crippen LogP contribution is 2.31. The number of hydrogen-bond donors (Lipinski definition) is 1. The molecule has 0 aliphatic carbocycles. The molecule has 0 spiro atoms. The third-order valence-corrected chi connectivity index (χ3v) is 6.17. The van der Waals surface area contributed by atoms with Gasteiger partial charge in [-0.15, -0.1) is 0 Å². The summed E-state index contributed by atoms with van der Waals surface area (Å²) in [4.78, 5) is 4.53. The van der Waals surface area contributed by atoms with Gasteiger partial charge in [0.15, 0.2) is 5.03 Å². The van der Waals surface area contributed by atoms with Gasteiger partial charge in [-0.3, -0.25) is 0 Å². The van der Waals surface area contributed by atoms with Crippen molar-refractivity contribution in [1.29, 1.82) is 0 Å². The molecule has 9 heteroatoms. The highest BCUT2D eigenvalue weighted by molar-refractivity contribution is 7.87. The van der Waals surface area contributed by atoms with Crippen molar-refractivity contribution >= 4 is 33.3 Å². The fraction of sp³-hybridized carbons (Fsp3) is 0.550. The van der Waals surface area contributed by atoms with Gasteiger partial charge >= 0.3 is 10.1 Å². The Morgan fingerprint density at radius 2 is 1.79 bits per heavy atom. The molecule has 6 nitrogen and oxygen atoms in total. The first-order chi connectivity index (χ1) is 13.7. The van der Waals surface area contributed by atoms with Crippen molar-refractivity contribution in [2.45, 2.75) is 70.4 Å². The summed E-state index contributed by atoms with van der Waals surface area (Å²) in [6.45, 7) is 6.24. The van der Waals surface area contributed by atoms with Gasteiger partial charge in [0.2, 0.25) is 0 Å². The summed E-state index contributed by atoms with van der Waals surface area (Å²) in [5, 5.41) is 10.0. The number of rotatable bonds is 11. The van der Waals surface area contributed by atoms with Crippen molar-refractivity contribution in [3.8, 4) is 5.75 Å². The molecular weight excluding hydrogens is 435 g/mol. The average molecular weight is 463 g/mol. The van der Waals surface area contributed by atoms with E-state index >= 15 is 0 Å². The summed E-state index contributed by atoms with van der Waals surface area (Å²) in [5.41, 5.74) is 0.428. The third kappa shape index (κ3) is 6.35. The van der Waals surface area contributed by atoms with Gasteiger partial charge in [-0.1, -0.05) is 63.2 Å². The Morgan fingerprint density at radius 3 is 2.34 bits per heavy atom. The molecule has 1 heterocycles. The van der Waals surface area contributed by atoms with Crippen molar-refractivity contribution in [3.05, 3.63) is 39.8 Å². The maximum absolute atomic E-state index is 13.2. The molecule has 0 amide bonds. The minimum Gasteiger partial charge on any atom is -0.396 e. The number of hydrogen-bond acceptors (Lipinski definition) is 5. The minimum absolute atomic E-state index is 0.0311. The number of nitrogens with zero attached hydrogens (tertiary/aromatic N) is 2. The number of aliphatic hydroxyl groups excluding tert-OH is 1. The highest BCUT2D eigenvalue weighted by Gasteiger charge is 2.31. The van der Waals surface area contributed by atoms with Crippen LogP contribution in [0.1, 0.15) is 63.9 Å². The maximum Gasteiger partial charge on any atom is 0.357 e. The molecule has 0 radical (unpaired) electrons. The lowest BCUT2D eigenvalue weighted by Crippen LogP contribution is -2.19. The number of halogens is 2. The van der Waals surface area contributed by atoms with Crippen molar-refractivity contribution < 1.29 is 17.7 Å². The average Bonchev–Trinajstić information content (AvgIpc) is 2.97. The standard InChI is InChI=1S/C20H28Cl2N2O4S/c1-4-5-6-7-9-24-18(8-10-25)23-19(14(2)3)20(24)29(26,27)28-17-12-15(21)11-16(22)13-17/h11-14,25H,4-10H2,1-3H3. The van der Waals surface area contributed by atoms with Crippen LogP contribution in [0.4, 0.5) is 0 Å². The molecule has 1 aromatic heterocycles. The van der Waals surface area contributed by atoms with Gasteiger partial charge in [0.05, 0.1) is 12.3 Å². The van der Waals surface area contributed by atoms with Crippen LogP contribution in [0.5, 0.6) is 5.75 Å². The van der Waals surface area contributed by atoms with E-state index in [9.17, 15) is 13.5 Å². The van der Waals surface area contributed by atoms with Crippen LogP contribution in [0, 0.1) is 0 Å². The van der Waals surface area contributed by atoms with Gasteiger partial charge in [0.25, 0.3) is 0 Å². The smallest absolute Gasteiger partial charge is 0.357 e. The second-order valence-electron chi connectivity index (χ2n) is 7.20. The molecule has 0 aliphatic rings. The molecule has 1 N–H and O–H groups in total. The van der Waals surface area contributed by atoms with E-state index in [1.54, 1.807) is 4.57 Å². The summed E-state index contributed by atoms with van der Waals surface area (Å²) in [7, 11) is -4.19. The molecule has 0 saturated heterocycles. The zero-order valence-electron chi connectivity index (χ0n) is 17.0. The normalized spacial score (nSPS) is 12.0. The number of benzene rings is 1. The van der Waals surface area contributed by atoms with Crippen LogP contribution in [0.25, 0.3) is 0 Å². The van der Waals surface area contributed by atoms with Crippen LogP contribution in [-0.4, -0.2) is 29.7 Å². The summed E-state index contributed by atoms with van der Waals surface area (Å²) in [6, 6.07) is 4.30. The molecule has 0 fully saturated rings. The summed E-state index contributed by atoms with van der Waals surface area (Å²) in [6.07, 6.45) is 4.21. The Morgan fingerprint density at radius 1 is 1.14 bits per heavy atom. The first kappa shape index (κ1) is 24.0. The molecular formula is C20H28Cl2N2O4S. The zero-order valence-corrected chi connectivity index (χ0v) is 19.3. The van der Waals surface area contributed by atoms with Gasteiger partial charge in [-0.05, 0) is 18.4 Å². The molecule has 2 rings (SSSR count). The first-order valence-electron chi connectivity index (χ1n) is 9.80. The van der Waals surface area contributed by atoms with E-state index in [-0.39, 0.29) is 39.8 Å². The summed E-state index contributed by atoms with van der Waals surface area (Å²) >= 11 is 12.0. The fourth-order valence-corrected chi connectivity index (χ4v) is 5.04. The topological polar surface area (TPSA) is 81.4 Å². The molecule has 29 heavy (non-hydrogen) atoms. The van der Waals surface area contributed by atoms with Gasteiger partial charge in [-0.2, -0.15) is 8.42 Å². The SMILES string of the molecule is CCCCCCn1c(CCO)nc(C(C)C)c1S(=O)(=O)Oc1cc(Cl)cc(Cl)c1. The van der Waals surface area contributed by atoms with Crippen LogP contribution in [0.2, 0.25) is 10.0 Å². The summed E-state index contributed by atoms with van der Waals surface area (Å²) in [5.74, 6) is 0.444. The second kappa shape index (κ2) is 10.7. The molecule has 0 aliphatic heterocycles. The van der Waals surface area contributed by atoms with Crippen LogP contribution in [0.15, 0.2) is 23.2 Å². The summed E-state index contributed by atoms with van der Waals surface area (Å²) < 4.78 is 33.5. The maximum atomic E-state index is 13.2. The number of aromatic nitrogens is 2. The molecule has 0 atom stereocenters. The van der Waals surface area contributed by atoms with Gasteiger partial charge in [0, 0.05) is 35.1 Å². The Hall–Kier alpha value is -1.28. The fourth-order valence-electron chi connectivity index (χ4n) is 3.10. The zero-order chi connectivity index (χ0) is 21.6. The Kier molecular flexibility index (Phi) is 8.82. The molecule has 0 saturated carbocycles. The van der Waals surface area contributed by atoms with E-state index in [0.29, 0.717) is 18.1 Å². The van der Waals surface area contributed by atoms with Gasteiger partial charge in [0.1, 0.15) is 11.6 Å². The van der Waals surface area contributed by atoms with Crippen molar-refractivity contribution in [2.75, 3.05) is 6.61 Å². The predicted octanol–water partition coefficient (Wildman–Crippen LogP) is 5.20. The Labute approximate surface area is 182 Å². The minimum atomic E-state index is -4.19. The van der Waals surface area contributed by atoms with E-state index in [1.807, 2.05) is 13.8 Å². The van der Waals surface area contributed by atoms with Crippen LogP contribution >= 0.6 is 23.2 Å². The predicted molar refractivity (Wildman–Crippen MR) is 116 cm³/mol. The van der Waals surface area contributed by atoms with Crippen molar-refractivity contribution in [3.63, 3.8) is 0 Å². The number of imidazole rings is 1. The van der Waals surface area contributed by atoms with E-state index in [1.165, 1.54) is 18.2 Å². The lowest BCUT2D eigenvalue weighted by Gasteiger charge is -2.14. The van der Waals surface area contributed by atoms with E-state index in [2.05, 4.69) is 11.9 Å². The first-order valence-corrected chi connectivity index (χ1v) is 12.0. The molecule has 0 bridgehead atoms. The largest absolute Gasteiger partial charge is 0.396 e. The lowest BCUT2D eigenvalue weighted by atomic mass is 10.1. The van der Waals surface area contributed by atoms with Crippen LogP contribution in [0.3, 0.4) is 0 Å². The Bertz CT molecular complexity index is 907. The van der Waals surface area contributed by atoms with E-state index < -0.39 is 10.1 Å². The van der Waals surface area contributed by atoms with Gasteiger partial charge < -0.3 is 13.9 Å². The monoisotopic (exact) mass is 462 g/mol. The second-order valence-corrected chi connectivity index (χ2v) is 9.54. The molecule has 0 unspecified atom stereocenters. The van der Waals surface area contributed by atoms with Crippen LogP contribution in [-0.2, 0) is 23.1 Å². The molecule has 1 aromatic carbocycles. The van der Waals surface area contributed by atoms with E-state index in [4.69, 9.17) is 27.4 Å². The number of unbranched alkanes of at least 4 members (excludes halogenated alkanes) is 3. The quantitative estimate of drug-likeness (QED) is 0.366. The third-order valence-electron chi connectivity index (χ3n) is 4.42. The van der Waals surface area contributed by atoms with Crippen molar-refractivity contribution in [1.82, 2.24) is 9.55 Å². The van der Waals surface area contributed by atoms with Crippen molar-refractivity contribution in [2.24, 2.45) is 0 Å². The molecule has 2 aromatic rings. The van der Waals surface area contributed by atoms with E-state index in [0.717, 1.165) is 25.7 Å². The van der Waals surface area contributed by atoms with Gasteiger partial charge in [-0.25, -0.2) is 4.98 Å².